The Balaban J connectivity index is 0.00000408. The number of hydrogen-bond acceptors (Lipinski definition) is 3. The van der Waals surface area contributed by atoms with Crippen molar-refractivity contribution in [2.75, 3.05) is 39.3 Å². The van der Waals surface area contributed by atoms with Gasteiger partial charge in [0.15, 0.2) is 0 Å². The maximum absolute atomic E-state index is 13.5. The number of unbranched alkanes of at least 4 members (excludes halogenated alkanes) is 1. The van der Waals surface area contributed by atoms with Crippen LogP contribution in [0.1, 0.15) is 56.6 Å². The van der Waals surface area contributed by atoms with Gasteiger partial charge in [0, 0.05) is 13.1 Å². The normalized spacial score (nSPS) is 15.2. The number of halogens is 1. The molecule has 1 unspecified atom stereocenters. The number of piperidine rings is 1. The van der Waals surface area contributed by atoms with Crippen LogP contribution in [0.4, 0.5) is 0 Å². The van der Waals surface area contributed by atoms with Gasteiger partial charge in [0.25, 0.3) is 0 Å². The zero-order valence-corrected chi connectivity index (χ0v) is 21.9. The Kier molecular flexibility index (Phi) is 13.3. The van der Waals surface area contributed by atoms with Crippen LogP contribution in [0.15, 0.2) is 60.7 Å². The Morgan fingerprint density at radius 3 is 2.12 bits per heavy atom. The third-order valence-electron chi connectivity index (χ3n) is 6.65. The third kappa shape index (κ3) is 9.77. The van der Waals surface area contributed by atoms with E-state index in [-0.39, 0.29) is 24.2 Å². The number of amides is 1. The molecule has 0 aliphatic carbocycles. The van der Waals surface area contributed by atoms with Gasteiger partial charge in [0.2, 0.25) is 5.91 Å². The fourth-order valence-corrected chi connectivity index (χ4v) is 4.66. The lowest BCUT2D eigenvalue weighted by Crippen LogP contribution is -2.43. The van der Waals surface area contributed by atoms with Gasteiger partial charge in [-0.25, -0.2) is 0 Å². The molecule has 1 fully saturated rings. The molecular weight excluding hydrogens is 442 g/mol. The van der Waals surface area contributed by atoms with E-state index in [1.807, 2.05) is 24.3 Å². The van der Waals surface area contributed by atoms with Gasteiger partial charge in [-0.15, -0.1) is 12.4 Å². The Labute approximate surface area is 213 Å². The van der Waals surface area contributed by atoms with Crippen LogP contribution in [0.5, 0.6) is 0 Å². The summed E-state index contributed by atoms with van der Waals surface area (Å²) in [5.41, 5.74) is 2.34. The largest absolute Gasteiger partial charge is 0.342 e. The van der Waals surface area contributed by atoms with Crippen LogP contribution in [0.25, 0.3) is 0 Å². The minimum absolute atomic E-state index is 0. The van der Waals surface area contributed by atoms with E-state index in [4.69, 9.17) is 0 Å². The van der Waals surface area contributed by atoms with Crippen LogP contribution < -0.4 is 10.6 Å². The molecule has 0 radical (unpaired) electrons. The summed E-state index contributed by atoms with van der Waals surface area (Å²) in [6.07, 6.45) is 5.41. The van der Waals surface area contributed by atoms with E-state index in [1.54, 1.807) is 0 Å². The van der Waals surface area contributed by atoms with Crippen molar-refractivity contribution in [1.82, 2.24) is 15.5 Å². The van der Waals surface area contributed by atoms with Crippen LogP contribution in [0, 0.1) is 11.8 Å². The molecule has 1 aliphatic heterocycles. The molecule has 1 aliphatic rings. The van der Waals surface area contributed by atoms with Gasteiger partial charge in [-0.05, 0) is 81.2 Å². The maximum Gasteiger partial charge on any atom is 0.230 e. The highest BCUT2D eigenvalue weighted by Gasteiger charge is 2.29. The summed E-state index contributed by atoms with van der Waals surface area (Å²) in [6, 6.07) is 20.7. The van der Waals surface area contributed by atoms with Crippen molar-refractivity contribution in [2.24, 2.45) is 11.8 Å². The number of likely N-dealkylation sites (tertiary alicyclic amines) is 1. The first-order chi connectivity index (χ1) is 16.1. The number of nitrogens with zero attached hydrogens (tertiary/aromatic N) is 1. The second-order valence-electron chi connectivity index (χ2n) is 9.93. The molecule has 1 heterocycles. The quantitative estimate of drug-likeness (QED) is 0.379. The maximum atomic E-state index is 13.5. The fourth-order valence-electron chi connectivity index (χ4n) is 4.66. The standard InChI is InChI=1S/C29H43N3O.ClH/c1-24(2)22-30-17-9-10-18-31-23-26-15-19-32(20-16-26)29(33)28(27-13-7-4-8-14-27)21-25-11-5-3-6-12-25;/h3-8,11-14,24,26,28,30-31H,9-10,15-23H2,1-2H3;1H. The van der Waals surface area contributed by atoms with Crippen LogP contribution in [0.3, 0.4) is 0 Å². The molecule has 2 aromatic rings. The zero-order valence-electron chi connectivity index (χ0n) is 21.0. The average molecular weight is 486 g/mol. The molecule has 1 saturated heterocycles. The highest BCUT2D eigenvalue weighted by Crippen LogP contribution is 2.26. The molecule has 0 bridgehead atoms. The van der Waals surface area contributed by atoms with Gasteiger partial charge in [0.1, 0.15) is 0 Å². The molecule has 4 nitrogen and oxygen atoms in total. The monoisotopic (exact) mass is 485 g/mol. The van der Waals surface area contributed by atoms with Crippen LogP contribution in [-0.4, -0.2) is 50.1 Å². The van der Waals surface area contributed by atoms with Gasteiger partial charge >= 0.3 is 0 Å². The SMILES string of the molecule is CC(C)CNCCCCNCC1CCN(C(=O)C(Cc2ccccc2)c2ccccc2)CC1.Cl. The molecule has 2 aromatic carbocycles. The van der Waals surface area contributed by atoms with Gasteiger partial charge < -0.3 is 15.5 Å². The highest BCUT2D eigenvalue weighted by molar-refractivity contribution is 5.85. The number of rotatable bonds is 13. The Hall–Kier alpha value is -1.88. The zero-order chi connectivity index (χ0) is 23.3. The first kappa shape index (κ1) is 28.4. The molecule has 34 heavy (non-hydrogen) atoms. The van der Waals surface area contributed by atoms with Crippen molar-refractivity contribution in [3.8, 4) is 0 Å². The summed E-state index contributed by atoms with van der Waals surface area (Å²) in [5.74, 6) is 1.58. The van der Waals surface area contributed by atoms with E-state index < -0.39 is 0 Å². The third-order valence-corrected chi connectivity index (χ3v) is 6.65. The summed E-state index contributed by atoms with van der Waals surface area (Å²) < 4.78 is 0. The number of nitrogens with one attached hydrogen (secondary N) is 2. The van der Waals surface area contributed by atoms with Crippen molar-refractivity contribution in [1.29, 1.82) is 0 Å². The van der Waals surface area contributed by atoms with Crippen molar-refractivity contribution < 1.29 is 4.79 Å². The number of carbonyl (C=O) groups excluding carboxylic acids is 1. The van der Waals surface area contributed by atoms with Crippen LogP contribution in [-0.2, 0) is 11.2 Å². The summed E-state index contributed by atoms with van der Waals surface area (Å²) in [7, 11) is 0. The molecule has 0 spiro atoms. The minimum atomic E-state index is -0.104. The first-order valence-electron chi connectivity index (χ1n) is 12.9. The molecule has 188 valence electrons. The van der Waals surface area contributed by atoms with E-state index in [0.29, 0.717) is 5.92 Å². The molecule has 0 aromatic heterocycles. The van der Waals surface area contributed by atoms with Gasteiger partial charge in [-0.2, -0.15) is 0 Å². The molecule has 3 rings (SSSR count). The Morgan fingerprint density at radius 2 is 1.50 bits per heavy atom. The second-order valence-corrected chi connectivity index (χ2v) is 9.93. The molecule has 0 saturated carbocycles. The predicted molar refractivity (Wildman–Crippen MR) is 146 cm³/mol. The summed E-state index contributed by atoms with van der Waals surface area (Å²) in [6.45, 7) is 10.7. The number of hydrogen-bond donors (Lipinski definition) is 2. The molecule has 1 atom stereocenters. The molecule has 1 amide bonds. The van der Waals surface area contributed by atoms with Crippen molar-refractivity contribution >= 4 is 18.3 Å². The van der Waals surface area contributed by atoms with Gasteiger partial charge in [-0.3, -0.25) is 4.79 Å². The topological polar surface area (TPSA) is 44.4 Å². The van der Waals surface area contributed by atoms with E-state index >= 15 is 0 Å². The molecule has 2 N–H and O–H groups in total. The van der Waals surface area contributed by atoms with Crippen molar-refractivity contribution in [3.05, 3.63) is 71.8 Å². The van der Waals surface area contributed by atoms with Gasteiger partial charge in [-0.1, -0.05) is 74.5 Å². The summed E-state index contributed by atoms with van der Waals surface area (Å²) in [5, 5.41) is 7.16. The van der Waals surface area contributed by atoms with E-state index in [0.717, 1.165) is 70.0 Å². The van der Waals surface area contributed by atoms with Crippen molar-refractivity contribution in [3.63, 3.8) is 0 Å². The average Bonchev–Trinajstić information content (AvgIpc) is 2.85. The van der Waals surface area contributed by atoms with Crippen LogP contribution in [0.2, 0.25) is 0 Å². The second kappa shape index (κ2) is 15.9. The van der Waals surface area contributed by atoms with E-state index in [2.05, 4.69) is 65.8 Å². The fraction of sp³-hybridized carbons (Fsp3) is 0.552. The minimum Gasteiger partial charge on any atom is -0.342 e. The number of carbonyl (C=O) groups is 1. The first-order valence-corrected chi connectivity index (χ1v) is 12.9. The molecular formula is C29H44ClN3O. The lowest BCUT2D eigenvalue weighted by molar-refractivity contribution is -0.134. The molecule has 5 heteroatoms. The van der Waals surface area contributed by atoms with Crippen molar-refractivity contribution in [2.45, 2.75) is 51.9 Å². The summed E-state index contributed by atoms with van der Waals surface area (Å²) >= 11 is 0. The Bertz CT molecular complexity index is 792. The summed E-state index contributed by atoms with van der Waals surface area (Å²) in [4.78, 5) is 15.7. The van der Waals surface area contributed by atoms with Gasteiger partial charge in [0.05, 0.1) is 5.92 Å². The Morgan fingerprint density at radius 1 is 0.912 bits per heavy atom. The lowest BCUT2D eigenvalue weighted by Gasteiger charge is -2.34. The van der Waals surface area contributed by atoms with E-state index in [1.165, 1.54) is 18.4 Å². The smallest absolute Gasteiger partial charge is 0.230 e. The number of benzene rings is 2. The van der Waals surface area contributed by atoms with Crippen LogP contribution >= 0.6 is 12.4 Å². The van der Waals surface area contributed by atoms with E-state index in [9.17, 15) is 4.79 Å². The predicted octanol–water partition coefficient (Wildman–Crippen LogP) is 5.29. The lowest BCUT2D eigenvalue weighted by atomic mass is 9.89. The highest BCUT2D eigenvalue weighted by atomic mass is 35.5.